The second-order valence-corrected chi connectivity index (χ2v) is 10.6. The van der Waals surface area contributed by atoms with Crippen LogP contribution in [-0.2, 0) is 19.1 Å². The van der Waals surface area contributed by atoms with E-state index in [0.29, 0.717) is 19.3 Å². The van der Waals surface area contributed by atoms with Crippen LogP contribution in [-0.4, -0.2) is 69.0 Å². The zero-order chi connectivity index (χ0) is 26.4. The Labute approximate surface area is 197 Å². The highest BCUT2D eigenvalue weighted by Gasteiger charge is 2.60. The predicted octanol–water partition coefficient (Wildman–Crippen LogP) is 1.57. The van der Waals surface area contributed by atoms with Crippen molar-refractivity contribution in [1.29, 1.82) is 0 Å². The van der Waals surface area contributed by atoms with E-state index in [0.717, 1.165) is 12.0 Å². The predicted molar refractivity (Wildman–Crippen MR) is 116 cm³/mol. The summed E-state index contributed by atoms with van der Waals surface area (Å²) in [5, 5.41) is 40.1. The Balaban J connectivity index is 1.46. The molecular weight excluding hydrogens is 428 g/mol. The number of ether oxygens (including phenoxy) is 2. The van der Waals surface area contributed by atoms with Gasteiger partial charge in [-0.3, -0.25) is 4.79 Å². The average Bonchev–Trinajstić information content (AvgIpc) is 2.96. The number of fused-ring (bicyclic) bond motifs is 5. The van der Waals surface area contributed by atoms with Gasteiger partial charge in [0.1, 0.15) is 18.3 Å². The molecule has 1 heterocycles. The summed E-state index contributed by atoms with van der Waals surface area (Å²) in [4.78, 5) is 23.5. The largest absolute Gasteiger partial charge is 0.479 e. The van der Waals surface area contributed by atoms with Crippen LogP contribution in [0.4, 0.5) is 0 Å². The SMILES string of the molecule is [2H]C1([2H])C[C@H]2[C@@H]3CCC4=CC(=O)C=C[C@]4(C)[C@H]3CC[C@]2(C)[C@@]1([2H])O[C@@H]1O[C@H](C(=O)O)[C@@H](O)[C@H](O)[C@H]1O. The average molecular weight is 466 g/mol. The topological polar surface area (TPSA) is 134 Å². The molecule has 0 amide bonds. The Hall–Kier alpha value is -1.58. The number of allylic oxidation sites excluding steroid dienone is 4. The molecule has 1 aliphatic heterocycles. The smallest absolute Gasteiger partial charge is 0.335 e. The van der Waals surface area contributed by atoms with E-state index in [4.69, 9.17) is 12.2 Å². The van der Waals surface area contributed by atoms with Gasteiger partial charge in [0.2, 0.25) is 0 Å². The number of carboxylic acids is 1. The van der Waals surface area contributed by atoms with Gasteiger partial charge in [0.15, 0.2) is 18.2 Å². The van der Waals surface area contributed by atoms with Crippen LogP contribution in [0.25, 0.3) is 0 Å². The van der Waals surface area contributed by atoms with Gasteiger partial charge in [0.25, 0.3) is 0 Å². The van der Waals surface area contributed by atoms with E-state index in [1.807, 2.05) is 13.0 Å². The van der Waals surface area contributed by atoms with Crippen LogP contribution in [0.5, 0.6) is 0 Å². The molecule has 3 saturated carbocycles. The van der Waals surface area contributed by atoms with E-state index in [2.05, 4.69) is 6.92 Å². The van der Waals surface area contributed by atoms with Gasteiger partial charge in [-0.25, -0.2) is 4.79 Å². The first-order valence-corrected chi connectivity index (χ1v) is 11.7. The molecule has 0 aromatic rings. The Kier molecular flexibility index (Phi) is 4.77. The van der Waals surface area contributed by atoms with Crippen molar-refractivity contribution in [1.82, 2.24) is 0 Å². The van der Waals surface area contributed by atoms with Gasteiger partial charge < -0.3 is 29.9 Å². The van der Waals surface area contributed by atoms with Crippen molar-refractivity contribution in [2.24, 2.45) is 28.6 Å². The molecule has 11 atom stereocenters. The molecule has 8 nitrogen and oxygen atoms in total. The summed E-state index contributed by atoms with van der Waals surface area (Å²) in [5.41, 5.74) is -0.205. The number of aliphatic carboxylic acids is 1. The molecule has 1 saturated heterocycles. The van der Waals surface area contributed by atoms with Gasteiger partial charge in [0.05, 0.1) is 7.45 Å². The van der Waals surface area contributed by atoms with Crippen molar-refractivity contribution in [3.8, 4) is 0 Å². The summed E-state index contributed by atoms with van der Waals surface area (Å²) in [6.45, 7) is 3.94. The fraction of sp³-hybridized carbons (Fsp3) is 0.760. The zero-order valence-electron chi connectivity index (χ0n) is 21.8. The summed E-state index contributed by atoms with van der Waals surface area (Å²) >= 11 is 0. The number of carbonyl (C=O) groups excluding carboxylic acids is 1. The number of carbonyl (C=O) groups is 2. The van der Waals surface area contributed by atoms with Crippen molar-refractivity contribution < 1.29 is 43.6 Å². The Bertz CT molecular complexity index is 1030. The highest BCUT2D eigenvalue weighted by atomic mass is 16.7. The molecule has 4 fully saturated rings. The molecule has 8 heteroatoms. The number of aliphatic hydroxyl groups is 3. The van der Waals surface area contributed by atoms with Gasteiger partial charge in [-0.1, -0.05) is 25.5 Å². The lowest BCUT2D eigenvalue weighted by Gasteiger charge is -2.57. The van der Waals surface area contributed by atoms with E-state index < -0.39 is 54.5 Å². The lowest BCUT2D eigenvalue weighted by Crippen LogP contribution is -2.61. The molecule has 0 unspecified atom stereocenters. The second-order valence-electron chi connectivity index (χ2n) is 10.6. The fourth-order valence-electron chi connectivity index (χ4n) is 7.02. The van der Waals surface area contributed by atoms with Crippen LogP contribution in [0.15, 0.2) is 23.8 Å². The summed E-state index contributed by atoms with van der Waals surface area (Å²) in [5.74, 6) is -1.58. The first-order chi connectivity index (χ1) is 16.7. The minimum absolute atomic E-state index is 0.0182. The maximum absolute atomic E-state index is 12.0. The molecule has 0 spiro atoms. The minimum Gasteiger partial charge on any atom is -0.479 e. The number of carboxylic acid groups (broad SMARTS) is 1. The van der Waals surface area contributed by atoms with Crippen molar-refractivity contribution in [2.75, 3.05) is 0 Å². The van der Waals surface area contributed by atoms with E-state index in [1.54, 1.807) is 12.2 Å². The highest BCUT2D eigenvalue weighted by molar-refractivity contribution is 6.01. The van der Waals surface area contributed by atoms with Gasteiger partial charge >= 0.3 is 5.97 Å². The van der Waals surface area contributed by atoms with Gasteiger partial charge in [-0.15, -0.1) is 0 Å². The third-order valence-corrected chi connectivity index (χ3v) is 8.99. The molecule has 0 radical (unpaired) electrons. The molecule has 4 N–H and O–H groups in total. The van der Waals surface area contributed by atoms with Crippen LogP contribution in [0.3, 0.4) is 0 Å². The molecule has 0 aromatic carbocycles. The summed E-state index contributed by atoms with van der Waals surface area (Å²) in [6, 6.07) is 0. The van der Waals surface area contributed by atoms with Crippen LogP contribution in [0, 0.1) is 28.6 Å². The Morgan fingerprint density at radius 3 is 2.67 bits per heavy atom. The molecule has 182 valence electrons. The van der Waals surface area contributed by atoms with Gasteiger partial charge in [-0.05, 0) is 73.8 Å². The highest BCUT2D eigenvalue weighted by Crippen LogP contribution is 2.65. The van der Waals surface area contributed by atoms with E-state index in [-0.39, 0.29) is 35.4 Å². The van der Waals surface area contributed by atoms with Crippen molar-refractivity contribution in [3.05, 3.63) is 23.8 Å². The van der Waals surface area contributed by atoms with Crippen molar-refractivity contribution >= 4 is 11.8 Å². The normalized spacial score (nSPS) is 56.5. The third kappa shape index (κ3) is 3.45. The lowest BCUT2D eigenvalue weighted by atomic mass is 9.48. The summed E-state index contributed by atoms with van der Waals surface area (Å²) in [6.07, 6.45) is -5.81. The van der Waals surface area contributed by atoms with Crippen molar-refractivity contribution in [2.45, 2.75) is 89.1 Å². The van der Waals surface area contributed by atoms with Crippen LogP contribution >= 0.6 is 0 Å². The van der Waals surface area contributed by atoms with Gasteiger partial charge in [0, 0.05) is 8.16 Å². The van der Waals surface area contributed by atoms with E-state index >= 15 is 0 Å². The van der Waals surface area contributed by atoms with Crippen LogP contribution < -0.4 is 0 Å². The molecular formula is C25H34O8. The van der Waals surface area contributed by atoms with E-state index in [9.17, 15) is 31.4 Å². The summed E-state index contributed by atoms with van der Waals surface area (Å²) < 4.78 is 38.2. The number of hydrogen-bond acceptors (Lipinski definition) is 7. The zero-order valence-corrected chi connectivity index (χ0v) is 18.8. The number of ketones is 1. The molecule has 0 aromatic heterocycles. The Morgan fingerprint density at radius 2 is 1.94 bits per heavy atom. The fourth-order valence-corrected chi connectivity index (χ4v) is 7.02. The second kappa shape index (κ2) is 7.99. The first kappa shape index (κ1) is 19.7. The standard InChI is InChI=1S/C25H34O8/c1-24-9-7-13(26)11-12(24)3-4-14-15-5-6-17(25(15,2)10-8-16(14)24)32-23-20(29)18(27)19(28)21(33-23)22(30)31/h7,9,11,14-21,23,27-29H,3-6,8,10H2,1-2H3,(H,30,31)/t14-,15-,16-,17-,18-,19-,20+,21-,23+,24-,25-/m0/s1/i6D2,17D. The molecule has 4 aliphatic carbocycles. The number of hydrogen-bond donors (Lipinski definition) is 4. The molecule has 5 rings (SSSR count). The monoisotopic (exact) mass is 465 g/mol. The maximum Gasteiger partial charge on any atom is 0.335 e. The minimum atomic E-state index is -2.21. The molecule has 0 bridgehead atoms. The number of aliphatic hydroxyl groups excluding tert-OH is 3. The van der Waals surface area contributed by atoms with Crippen LogP contribution in [0.2, 0.25) is 0 Å². The quantitative estimate of drug-likeness (QED) is 0.494. The lowest BCUT2D eigenvalue weighted by molar-refractivity contribution is -0.312. The number of rotatable bonds is 3. The van der Waals surface area contributed by atoms with Crippen molar-refractivity contribution in [3.63, 3.8) is 0 Å². The molecule has 5 aliphatic rings. The first-order valence-electron chi connectivity index (χ1n) is 13.2. The van der Waals surface area contributed by atoms with E-state index in [1.165, 1.54) is 0 Å². The molecule has 33 heavy (non-hydrogen) atoms. The van der Waals surface area contributed by atoms with Gasteiger partial charge in [-0.2, -0.15) is 0 Å². The third-order valence-electron chi connectivity index (χ3n) is 8.99. The summed E-state index contributed by atoms with van der Waals surface area (Å²) in [7, 11) is 0. The Morgan fingerprint density at radius 1 is 1.18 bits per heavy atom. The van der Waals surface area contributed by atoms with Crippen LogP contribution in [0.1, 0.15) is 56.4 Å². The maximum atomic E-state index is 12.0.